The number of carbonyl (C=O) groups excluding carboxylic acids is 2. The van der Waals surface area contributed by atoms with E-state index in [4.69, 9.17) is 19.7 Å². The standard InChI is InChI=1S/C39H56O8S2/c1-35(2,3)25-19-23(20-26(36(4,5)6)33(25)46-31(44)17-15-29(40)41)48-39(13,14)49-24-21-27(37(7,8)9)34(28(22-24)38(10,11)12)47-32(45)18-16-30(42)43/h19-22H,15-18H2,1-14H3,(H,40,41)(H,42,43). The number of aliphatic carboxylic acids is 2. The highest BCUT2D eigenvalue weighted by atomic mass is 32.2. The van der Waals surface area contributed by atoms with Gasteiger partial charge in [-0.3, -0.25) is 19.2 Å². The van der Waals surface area contributed by atoms with E-state index in [1.165, 1.54) is 0 Å². The molecular formula is C39H56O8S2. The van der Waals surface area contributed by atoms with Gasteiger partial charge in [0.2, 0.25) is 0 Å². The molecule has 10 heteroatoms. The second kappa shape index (κ2) is 15.5. The average Bonchev–Trinajstić information content (AvgIpc) is 2.89. The first kappa shape index (κ1) is 42.2. The maximum Gasteiger partial charge on any atom is 0.311 e. The highest BCUT2D eigenvalue weighted by Crippen LogP contribution is 2.51. The van der Waals surface area contributed by atoms with Crippen molar-refractivity contribution in [3.8, 4) is 11.5 Å². The van der Waals surface area contributed by atoms with Crippen molar-refractivity contribution in [3.63, 3.8) is 0 Å². The number of carbonyl (C=O) groups is 4. The molecule has 0 amide bonds. The monoisotopic (exact) mass is 716 g/mol. The molecular weight excluding hydrogens is 661 g/mol. The van der Waals surface area contributed by atoms with Crippen LogP contribution in [0, 0.1) is 0 Å². The van der Waals surface area contributed by atoms with E-state index in [1.807, 2.05) is 0 Å². The lowest BCUT2D eigenvalue weighted by Gasteiger charge is -2.33. The van der Waals surface area contributed by atoms with Gasteiger partial charge < -0.3 is 19.7 Å². The zero-order chi connectivity index (χ0) is 37.9. The summed E-state index contributed by atoms with van der Waals surface area (Å²) in [5.41, 5.74) is 1.96. The van der Waals surface area contributed by atoms with Crippen molar-refractivity contribution in [1.29, 1.82) is 0 Å². The third kappa shape index (κ3) is 12.7. The van der Waals surface area contributed by atoms with E-state index in [1.54, 1.807) is 23.5 Å². The Kier molecular flexibility index (Phi) is 13.3. The highest BCUT2D eigenvalue weighted by molar-refractivity contribution is 8.18. The van der Waals surface area contributed by atoms with Crippen LogP contribution in [0.1, 0.15) is 145 Å². The number of carboxylic acids is 2. The molecule has 2 aromatic carbocycles. The molecule has 0 spiro atoms. The molecule has 2 N–H and O–H groups in total. The summed E-state index contributed by atoms with van der Waals surface area (Å²) in [4.78, 5) is 49.8. The number of hydrogen-bond acceptors (Lipinski definition) is 8. The van der Waals surface area contributed by atoms with E-state index < -0.39 is 23.9 Å². The van der Waals surface area contributed by atoms with Crippen LogP contribution < -0.4 is 9.47 Å². The fourth-order valence-electron chi connectivity index (χ4n) is 5.11. The van der Waals surface area contributed by atoms with Crippen LogP contribution in [0.25, 0.3) is 0 Å². The fourth-order valence-corrected chi connectivity index (χ4v) is 7.69. The molecule has 0 radical (unpaired) electrons. The average molecular weight is 717 g/mol. The van der Waals surface area contributed by atoms with Gasteiger partial charge in [-0.1, -0.05) is 83.1 Å². The molecule has 0 aromatic heterocycles. The maximum atomic E-state index is 12.8. The summed E-state index contributed by atoms with van der Waals surface area (Å²) < 4.78 is 11.5. The lowest BCUT2D eigenvalue weighted by Crippen LogP contribution is -2.23. The van der Waals surface area contributed by atoms with Crippen LogP contribution in [0.4, 0.5) is 0 Å². The predicted octanol–water partition coefficient (Wildman–Crippen LogP) is 10.0. The van der Waals surface area contributed by atoms with Crippen molar-refractivity contribution in [2.75, 3.05) is 0 Å². The van der Waals surface area contributed by atoms with Gasteiger partial charge in [0.1, 0.15) is 11.5 Å². The summed E-state index contributed by atoms with van der Waals surface area (Å²) in [6.07, 6.45) is -1.02. The summed E-state index contributed by atoms with van der Waals surface area (Å²) in [7, 11) is 0. The van der Waals surface area contributed by atoms with Gasteiger partial charge in [-0.05, 0) is 59.8 Å². The molecule has 0 atom stereocenters. The molecule has 272 valence electrons. The van der Waals surface area contributed by atoms with Gasteiger partial charge in [0.05, 0.1) is 29.8 Å². The Labute approximate surface area is 301 Å². The molecule has 0 unspecified atom stereocenters. The number of ether oxygens (including phenoxy) is 2. The molecule has 2 aromatic rings. The number of thioether (sulfide) groups is 2. The minimum Gasteiger partial charge on any atom is -0.481 e. The van der Waals surface area contributed by atoms with Crippen molar-refractivity contribution < 1.29 is 38.9 Å². The second-order valence-corrected chi connectivity index (χ2v) is 20.7. The lowest BCUT2D eigenvalue weighted by molar-refractivity contribution is -0.142. The van der Waals surface area contributed by atoms with Crippen LogP contribution in [0.5, 0.6) is 11.5 Å². The van der Waals surface area contributed by atoms with E-state index in [0.29, 0.717) is 11.5 Å². The molecule has 8 nitrogen and oxygen atoms in total. The first-order valence-electron chi connectivity index (χ1n) is 16.6. The molecule has 0 aliphatic rings. The van der Waals surface area contributed by atoms with Gasteiger partial charge in [0.15, 0.2) is 0 Å². The van der Waals surface area contributed by atoms with Crippen molar-refractivity contribution in [1.82, 2.24) is 0 Å². The van der Waals surface area contributed by atoms with Gasteiger partial charge >= 0.3 is 23.9 Å². The maximum absolute atomic E-state index is 12.8. The van der Waals surface area contributed by atoms with Crippen LogP contribution in [0.3, 0.4) is 0 Å². The van der Waals surface area contributed by atoms with E-state index in [0.717, 1.165) is 32.0 Å². The molecule has 0 bridgehead atoms. The summed E-state index contributed by atoms with van der Waals surface area (Å²) >= 11 is 3.40. The zero-order valence-corrected chi connectivity index (χ0v) is 33.4. The molecule has 0 fully saturated rings. The second-order valence-electron chi connectivity index (χ2n) is 17.0. The zero-order valence-electron chi connectivity index (χ0n) is 31.8. The Morgan fingerprint density at radius 2 is 0.735 bits per heavy atom. The molecule has 0 aliphatic heterocycles. The number of rotatable bonds is 12. The minimum atomic E-state index is -1.05. The van der Waals surface area contributed by atoms with Gasteiger partial charge in [0.25, 0.3) is 0 Å². The number of hydrogen-bond donors (Lipinski definition) is 2. The largest absolute Gasteiger partial charge is 0.481 e. The summed E-state index contributed by atoms with van der Waals surface area (Å²) in [6.45, 7) is 29.1. The quantitative estimate of drug-likeness (QED) is 0.0948. The molecule has 0 saturated heterocycles. The summed E-state index contributed by atoms with van der Waals surface area (Å²) in [5.74, 6) is -2.27. The molecule has 2 rings (SSSR count). The van der Waals surface area contributed by atoms with Crippen LogP contribution in [-0.4, -0.2) is 38.2 Å². The van der Waals surface area contributed by atoms with E-state index >= 15 is 0 Å². The van der Waals surface area contributed by atoms with Crippen molar-refractivity contribution in [3.05, 3.63) is 46.5 Å². The van der Waals surface area contributed by atoms with Gasteiger partial charge in [0, 0.05) is 32.0 Å². The van der Waals surface area contributed by atoms with Gasteiger partial charge in [-0.2, -0.15) is 0 Å². The normalized spacial score (nSPS) is 12.9. The SMILES string of the molecule is CC(C)(Sc1cc(C(C)(C)C)c(OC(=O)CCC(=O)O)c(C(C)(C)C)c1)Sc1cc(C(C)(C)C)c(OC(=O)CCC(=O)O)c(C(C)(C)C)c1. The Balaban J connectivity index is 2.65. The third-order valence-electron chi connectivity index (χ3n) is 7.60. The predicted molar refractivity (Wildman–Crippen MR) is 198 cm³/mol. The molecule has 0 heterocycles. The molecule has 0 aliphatic carbocycles. The lowest BCUT2D eigenvalue weighted by atomic mass is 9.79. The van der Waals surface area contributed by atoms with Crippen molar-refractivity contribution in [2.24, 2.45) is 0 Å². The van der Waals surface area contributed by atoms with Crippen LogP contribution >= 0.6 is 23.5 Å². The highest BCUT2D eigenvalue weighted by Gasteiger charge is 2.34. The first-order valence-corrected chi connectivity index (χ1v) is 18.3. The number of esters is 2. The molecule has 49 heavy (non-hydrogen) atoms. The third-order valence-corrected chi connectivity index (χ3v) is 10.0. The Bertz CT molecular complexity index is 1380. The Morgan fingerprint density at radius 3 is 0.939 bits per heavy atom. The van der Waals surface area contributed by atoms with E-state index in [-0.39, 0.29) is 51.4 Å². The van der Waals surface area contributed by atoms with Gasteiger partial charge in [-0.15, -0.1) is 23.5 Å². The van der Waals surface area contributed by atoms with E-state index in [2.05, 4.69) is 121 Å². The van der Waals surface area contributed by atoms with Crippen LogP contribution in [0.15, 0.2) is 34.1 Å². The van der Waals surface area contributed by atoms with Crippen LogP contribution in [0.2, 0.25) is 0 Å². The Hall–Kier alpha value is -2.98. The van der Waals surface area contributed by atoms with E-state index in [9.17, 15) is 19.2 Å². The van der Waals surface area contributed by atoms with Gasteiger partial charge in [-0.25, -0.2) is 0 Å². The topological polar surface area (TPSA) is 127 Å². The fraction of sp³-hybridized carbons (Fsp3) is 0.590. The first-order chi connectivity index (χ1) is 22.0. The smallest absolute Gasteiger partial charge is 0.311 e. The minimum absolute atomic E-state index is 0.212. The Morgan fingerprint density at radius 1 is 0.490 bits per heavy atom. The number of carboxylic acid groups (broad SMARTS) is 2. The van der Waals surface area contributed by atoms with Crippen LogP contribution in [-0.2, 0) is 40.8 Å². The summed E-state index contributed by atoms with van der Waals surface area (Å²) in [5, 5.41) is 18.2. The summed E-state index contributed by atoms with van der Waals surface area (Å²) in [6, 6.07) is 8.29. The van der Waals surface area contributed by atoms with Crippen molar-refractivity contribution >= 4 is 47.4 Å². The van der Waals surface area contributed by atoms with Crippen molar-refractivity contribution in [2.45, 2.75) is 158 Å². The number of benzene rings is 2. The molecule has 0 saturated carbocycles.